The summed E-state index contributed by atoms with van der Waals surface area (Å²) in [7, 11) is 0. The Kier molecular flexibility index (Phi) is 2.91. The molecule has 6 heteroatoms. The number of halogens is 3. The first-order valence-corrected chi connectivity index (χ1v) is 5.97. The number of aromatic nitrogens is 3. The predicted molar refractivity (Wildman–Crippen MR) is 72.3 cm³/mol. The van der Waals surface area contributed by atoms with E-state index in [4.69, 9.17) is 6.42 Å². The van der Waals surface area contributed by atoms with E-state index in [0.29, 0.717) is 22.0 Å². The van der Waals surface area contributed by atoms with E-state index < -0.39 is 11.9 Å². The predicted octanol–water partition coefficient (Wildman–Crippen LogP) is 3.63. The number of hydrogen-bond acceptors (Lipinski definition) is 2. The zero-order chi connectivity index (χ0) is 15.0. The Morgan fingerprint density at radius 3 is 2.62 bits per heavy atom. The smallest absolute Gasteiger partial charge is 0.360 e. The van der Waals surface area contributed by atoms with Crippen LogP contribution in [0.15, 0.2) is 36.8 Å². The van der Waals surface area contributed by atoms with Gasteiger partial charge >= 0.3 is 6.18 Å². The summed E-state index contributed by atoms with van der Waals surface area (Å²) in [6.45, 7) is 0. The SMILES string of the molecule is C#Cc1ccc2[nH]cc(-c3nccnc3C(F)(F)F)c2c1. The van der Waals surface area contributed by atoms with Crippen molar-refractivity contribution < 1.29 is 13.2 Å². The maximum absolute atomic E-state index is 13.0. The lowest BCUT2D eigenvalue weighted by atomic mass is 10.1. The van der Waals surface area contributed by atoms with E-state index in [-0.39, 0.29) is 5.69 Å². The van der Waals surface area contributed by atoms with Crippen molar-refractivity contribution in [3.63, 3.8) is 0 Å². The first-order valence-electron chi connectivity index (χ1n) is 5.97. The quantitative estimate of drug-likeness (QED) is 0.694. The molecule has 0 bridgehead atoms. The molecule has 0 radical (unpaired) electrons. The molecule has 21 heavy (non-hydrogen) atoms. The normalized spacial score (nSPS) is 11.5. The number of nitrogens with zero attached hydrogens (tertiary/aromatic N) is 2. The van der Waals surface area contributed by atoms with Crippen LogP contribution in [0.4, 0.5) is 13.2 Å². The third-order valence-corrected chi connectivity index (χ3v) is 3.07. The highest BCUT2D eigenvalue weighted by molar-refractivity contribution is 5.95. The van der Waals surface area contributed by atoms with Crippen molar-refractivity contribution >= 4 is 10.9 Å². The number of benzene rings is 1. The molecule has 3 nitrogen and oxygen atoms in total. The van der Waals surface area contributed by atoms with Gasteiger partial charge in [-0.15, -0.1) is 6.42 Å². The molecule has 0 aliphatic heterocycles. The Morgan fingerprint density at radius 1 is 1.14 bits per heavy atom. The summed E-state index contributed by atoms with van der Waals surface area (Å²) in [5.41, 5.74) is 0.355. The first kappa shape index (κ1) is 13.2. The van der Waals surface area contributed by atoms with Crippen molar-refractivity contribution in [2.24, 2.45) is 0 Å². The molecular formula is C15H8F3N3. The van der Waals surface area contributed by atoms with Gasteiger partial charge in [0, 0.05) is 40.6 Å². The molecule has 104 valence electrons. The lowest BCUT2D eigenvalue weighted by molar-refractivity contribution is -0.140. The van der Waals surface area contributed by atoms with Crippen LogP contribution in [0.2, 0.25) is 0 Å². The fraction of sp³-hybridized carbons (Fsp3) is 0.0667. The van der Waals surface area contributed by atoms with Crippen LogP contribution in [-0.2, 0) is 6.18 Å². The molecule has 1 aromatic carbocycles. The zero-order valence-corrected chi connectivity index (χ0v) is 10.6. The van der Waals surface area contributed by atoms with Crippen LogP contribution in [-0.4, -0.2) is 15.0 Å². The summed E-state index contributed by atoms with van der Waals surface area (Å²) in [5.74, 6) is 2.46. The van der Waals surface area contributed by atoms with E-state index in [9.17, 15) is 13.2 Å². The minimum Gasteiger partial charge on any atom is -0.360 e. The van der Waals surface area contributed by atoms with Gasteiger partial charge in [-0.3, -0.25) is 4.98 Å². The Morgan fingerprint density at radius 2 is 1.90 bits per heavy atom. The maximum Gasteiger partial charge on any atom is 0.435 e. The fourth-order valence-corrected chi connectivity index (χ4v) is 2.15. The van der Waals surface area contributed by atoms with Gasteiger partial charge in [0.15, 0.2) is 5.69 Å². The molecule has 0 atom stereocenters. The van der Waals surface area contributed by atoms with Crippen LogP contribution in [0.25, 0.3) is 22.2 Å². The molecule has 0 aliphatic carbocycles. The van der Waals surface area contributed by atoms with E-state index in [2.05, 4.69) is 20.9 Å². The average molecular weight is 287 g/mol. The molecule has 0 amide bonds. The summed E-state index contributed by atoms with van der Waals surface area (Å²) in [6.07, 6.45) is 4.49. The van der Waals surface area contributed by atoms with E-state index in [1.807, 2.05) is 0 Å². The number of H-pyrrole nitrogens is 1. The summed E-state index contributed by atoms with van der Waals surface area (Å²) in [6, 6.07) is 5.08. The number of aromatic amines is 1. The number of rotatable bonds is 1. The second kappa shape index (κ2) is 4.63. The van der Waals surface area contributed by atoms with Crippen molar-refractivity contribution in [3.8, 4) is 23.6 Å². The molecular weight excluding hydrogens is 279 g/mol. The summed E-state index contributed by atoms with van der Waals surface area (Å²) >= 11 is 0. The lowest BCUT2D eigenvalue weighted by Gasteiger charge is -2.09. The Bertz CT molecular complexity index is 856. The van der Waals surface area contributed by atoms with Gasteiger partial charge in [0.2, 0.25) is 0 Å². The third-order valence-electron chi connectivity index (χ3n) is 3.07. The summed E-state index contributed by atoms with van der Waals surface area (Å²) < 4.78 is 39.1. The highest BCUT2D eigenvalue weighted by Gasteiger charge is 2.36. The number of fused-ring (bicyclic) bond motifs is 1. The van der Waals surface area contributed by atoms with Gasteiger partial charge in [-0.25, -0.2) is 4.98 Å². The van der Waals surface area contributed by atoms with E-state index in [0.717, 1.165) is 6.20 Å². The highest BCUT2D eigenvalue weighted by Crippen LogP contribution is 2.36. The van der Waals surface area contributed by atoms with Crippen molar-refractivity contribution in [2.45, 2.75) is 6.18 Å². The van der Waals surface area contributed by atoms with Gasteiger partial charge in [0.1, 0.15) is 5.69 Å². The van der Waals surface area contributed by atoms with Crippen LogP contribution in [0.5, 0.6) is 0 Å². The van der Waals surface area contributed by atoms with Crippen molar-refractivity contribution in [1.82, 2.24) is 15.0 Å². The molecule has 1 N–H and O–H groups in total. The van der Waals surface area contributed by atoms with Gasteiger partial charge in [0.05, 0.1) is 0 Å². The molecule has 0 unspecified atom stereocenters. The van der Waals surface area contributed by atoms with Crippen LogP contribution >= 0.6 is 0 Å². The topological polar surface area (TPSA) is 41.6 Å². The second-order valence-electron chi connectivity index (χ2n) is 4.36. The second-order valence-corrected chi connectivity index (χ2v) is 4.36. The number of alkyl halides is 3. The number of hydrogen-bond donors (Lipinski definition) is 1. The number of nitrogens with one attached hydrogen (secondary N) is 1. The van der Waals surface area contributed by atoms with Crippen LogP contribution < -0.4 is 0 Å². The third kappa shape index (κ3) is 2.23. The van der Waals surface area contributed by atoms with Gasteiger partial charge in [-0.1, -0.05) is 5.92 Å². The van der Waals surface area contributed by atoms with Crippen molar-refractivity contribution in [3.05, 3.63) is 48.0 Å². The largest absolute Gasteiger partial charge is 0.435 e. The molecule has 0 spiro atoms. The molecule has 0 saturated heterocycles. The van der Waals surface area contributed by atoms with Crippen molar-refractivity contribution in [1.29, 1.82) is 0 Å². The van der Waals surface area contributed by atoms with Gasteiger partial charge in [-0.05, 0) is 18.2 Å². The van der Waals surface area contributed by atoms with Gasteiger partial charge in [0.25, 0.3) is 0 Å². The lowest BCUT2D eigenvalue weighted by Crippen LogP contribution is -2.10. The molecule has 0 aliphatic rings. The van der Waals surface area contributed by atoms with E-state index in [1.165, 1.54) is 12.4 Å². The zero-order valence-electron chi connectivity index (χ0n) is 10.6. The van der Waals surface area contributed by atoms with E-state index in [1.54, 1.807) is 18.2 Å². The highest BCUT2D eigenvalue weighted by atomic mass is 19.4. The Balaban J connectivity index is 2.29. The first-order chi connectivity index (χ1) is 10.0. The molecule has 0 fully saturated rings. The standard InChI is InChI=1S/C15H8F3N3/c1-2-9-3-4-12-10(7-9)11(8-21-12)13-14(15(16,17)18)20-6-5-19-13/h1,3-8,21H. The van der Waals surface area contributed by atoms with Gasteiger partial charge < -0.3 is 4.98 Å². The number of terminal acetylenes is 1. The van der Waals surface area contributed by atoms with Crippen LogP contribution in [0.3, 0.4) is 0 Å². The van der Waals surface area contributed by atoms with Gasteiger partial charge in [-0.2, -0.15) is 13.2 Å². The molecule has 2 aromatic heterocycles. The Labute approximate surface area is 117 Å². The van der Waals surface area contributed by atoms with E-state index >= 15 is 0 Å². The molecule has 2 heterocycles. The summed E-state index contributed by atoms with van der Waals surface area (Å²) in [4.78, 5) is 10.2. The minimum absolute atomic E-state index is 0.217. The van der Waals surface area contributed by atoms with Crippen LogP contribution in [0, 0.1) is 12.3 Å². The minimum atomic E-state index is -4.57. The summed E-state index contributed by atoms with van der Waals surface area (Å²) in [5, 5.41) is 0.580. The Hall–Kier alpha value is -2.81. The maximum atomic E-state index is 13.0. The monoisotopic (exact) mass is 287 g/mol. The molecule has 0 saturated carbocycles. The van der Waals surface area contributed by atoms with Crippen LogP contribution in [0.1, 0.15) is 11.3 Å². The van der Waals surface area contributed by atoms with Crippen molar-refractivity contribution in [2.75, 3.05) is 0 Å². The average Bonchev–Trinajstić information content (AvgIpc) is 2.89. The molecule has 3 rings (SSSR count). The molecule has 3 aromatic rings. The fourth-order valence-electron chi connectivity index (χ4n) is 2.15.